The van der Waals surface area contributed by atoms with Crippen molar-refractivity contribution in [3.63, 3.8) is 0 Å². The zero-order valence-corrected chi connectivity index (χ0v) is 11.8. The summed E-state index contributed by atoms with van der Waals surface area (Å²) >= 11 is 0. The van der Waals surface area contributed by atoms with Crippen LogP contribution in [-0.2, 0) is 0 Å². The van der Waals surface area contributed by atoms with Gasteiger partial charge in [-0.15, -0.1) is 0 Å². The quantitative estimate of drug-likeness (QED) is 0.774. The van der Waals surface area contributed by atoms with Crippen LogP contribution in [0.5, 0.6) is 0 Å². The molecule has 0 saturated carbocycles. The smallest absolute Gasteiger partial charge is 0.248 e. The average Bonchev–Trinajstić information content (AvgIpc) is 2.42. The number of anilines is 1. The normalized spacial score (nSPS) is 20.4. The first-order chi connectivity index (χ1) is 9.56. The summed E-state index contributed by atoms with van der Waals surface area (Å²) in [4.78, 5) is 11.1. The highest BCUT2D eigenvalue weighted by molar-refractivity contribution is 5.93. The maximum Gasteiger partial charge on any atom is 0.248 e. The Bertz CT molecular complexity index is 472. The molecule has 4 nitrogen and oxygen atoms in total. The number of hydrogen-bond acceptors (Lipinski definition) is 3. The lowest BCUT2D eigenvalue weighted by atomic mass is 9.98. The summed E-state index contributed by atoms with van der Waals surface area (Å²) in [7, 11) is 0. The van der Waals surface area contributed by atoms with Crippen LogP contribution in [0.1, 0.15) is 43.0 Å². The Labute approximate surface area is 118 Å². The first-order valence-corrected chi connectivity index (χ1v) is 7.15. The van der Waals surface area contributed by atoms with Crippen LogP contribution in [-0.4, -0.2) is 24.5 Å². The molecule has 2 rings (SSSR count). The molecule has 1 aliphatic heterocycles. The van der Waals surface area contributed by atoms with Crippen molar-refractivity contribution < 1.29 is 9.18 Å². The molecule has 2 atom stereocenters. The molecule has 110 valence electrons. The maximum atomic E-state index is 13.7. The Hall–Kier alpha value is -1.62. The molecular formula is C15H22FN3O. The lowest BCUT2D eigenvalue weighted by Gasteiger charge is -2.27. The van der Waals surface area contributed by atoms with Crippen LogP contribution in [0.4, 0.5) is 10.1 Å². The Morgan fingerprint density at radius 3 is 3.00 bits per heavy atom. The summed E-state index contributed by atoms with van der Waals surface area (Å²) < 4.78 is 13.7. The molecule has 0 bridgehead atoms. The van der Waals surface area contributed by atoms with Crippen molar-refractivity contribution in [3.8, 4) is 0 Å². The molecule has 1 amide bonds. The van der Waals surface area contributed by atoms with E-state index in [0.717, 1.165) is 19.4 Å². The molecule has 4 N–H and O–H groups in total. The van der Waals surface area contributed by atoms with E-state index in [2.05, 4.69) is 10.6 Å². The zero-order chi connectivity index (χ0) is 14.5. The Kier molecular flexibility index (Phi) is 4.95. The van der Waals surface area contributed by atoms with Gasteiger partial charge in [0, 0.05) is 17.6 Å². The number of piperidine rings is 1. The van der Waals surface area contributed by atoms with E-state index in [9.17, 15) is 9.18 Å². The highest BCUT2D eigenvalue weighted by atomic mass is 19.1. The van der Waals surface area contributed by atoms with Crippen LogP contribution in [0.3, 0.4) is 0 Å². The van der Waals surface area contributed by atoms with Gasteiger partial charge < -0.3 is 16.4 Å². The first-order valence-electron chi connectivity index (χ1n) is 7.15. The summed E-state index contributed by atoms with van der Waals surface area (Å²) in [5.74, 6) is -0.909. The SMILES string of the molecule is CC(CC1CCCCN1)Nc1cc(C(N)=O)ccc1F. The molecule has 20 heavy (non-hydrogen) atoms. The molecule has 5 heteroatoms. The Balaban J connectivity index is 1.97. The van der Waals surface area contributed by atoms with Gasteiger partial charge >= 0.3 is 0 Å². The van der Waals surface area contributed by atoms with E-state index in [-0.39, 0.29) is 11.9 Å². The predicted octanol–water partition coefficient (Wildman–Crippen LogP) is 2.26. The summed E-state index contributed by atoms with van der Waals surface area (Å²) in [6.45, 7) is 3.08. The maximum absolute atomic E-state index is 13.7. The predicted molar refractivity (Wildman–Crippen MR) is 78.3 cm³/mol. The number of primary amides is 1. The van der Waals surface area contributed by atoms with Gasteiger partial charge in [0.15, 0.2) is 0 Å². The van der Waals surface area contributed by atoms with Crippen LogP contribution >= 0.6 is 0 Å². The highest BCUT2D eigenvalue weighted by Crippen LogP contribution is 2.19. The van der Waals surface area contributed by atoms with Crippen molar-refractivity contribution in [2.45, 2.75) is 44.7 Å². The topological polar surface area (TPSA) is 67.2 Å². The molecule has 0 aromatic heterocycles. The van der Waals surface area contributed by atoms with E-state index in [4.69, 9.17) is 5.73 Å². The van der Waals surface area contributed by atoms with E-state index in [1.807, 2.05) is 6.92 Å². The highest BCUT2D eigenvalue weighted by Gasteiger charge is 2.17. The van der Waals surface area contributed by atoms with Crippen molar-refractivity contribution in [1.82, 2.24) is 5.32 Å². The number of halogens is 1. The van der Waals surface area contributed by atoms with Crippen LogP contribution < -0.4 is 16.4 Å². The molecule has 0 radical (unpaired) electrons. The molecule has 1 heterocycles. The lowest BCUT2D eigenvalue weighted by molar-refractivity contribution is 0.100. The van der Waals surface area contributed by atoms with Gasteiger partial charge in [-0.25, -0.2) is 4.39 Å². The van der Waals surface area contributed by atoms with Gasteiger partial charge in [-0.1, -0.05) is 6.42 Å². The molecule has 1 fully saturated rings. The van der Waals surface area contributed by atoms with Crippen molar-refractivity contribution >= 4 is 11.6 Å². The second-order valence-electron chi connectivity index (χ2n) is 5.49. The molecular weight excluding hydrogens is 257 g/mol. The number of carbonyl (C=O) groups is 1. The average molecular weight is 279 g/mol. The molecule has 1 saturated heterocycles. The number of nitrogens with two attached hydrogens (primary N) is 1. The Morgan fingerprint density at radius 1 is 1.55 bits per heavy atom. The van der Waals surface area contributed by atoms with Gasteiger partial charge in [-0.05, 0) is 50.9 Å². The minimum absolute atomic E-state index is 0.128. The van der Waals surface area contributed by atoms with E-state index in [1.54, 1.807) is 0 Å². The van der Waals surface area contributed by atoms with Crippen LogP contribution in [0.2, 0.25) is 0 Å². The van der Waals surface area contributed by atoms with Gasteiger partial charge in [0.1, 0.15) is 5.82 Å². The second kappa shape index (κ2) is 6.70. The largest absolute Gasteiger partial charge is 0.380 e. The summed E-state index contributed by atoms with van der Waals surface area (Å²) in [6.07, 6.45) is 4.57. The zero-order valence-electron chi connectivity index (χ0n) is 11.8. The minimum atomic E-state index is -0.547. The third-order valence-electron chi connectivity index (χ3n) is 3.70. The number of rotatable bonds is 5. The molecule has 0 aliphatic carbocycles. The van der Waals surface area contributed by atoms with E-state index in [1.165, 1.54) is 31.0 Å². The first kappa shape index (κ1) is 14.8. The molecule has 1 aliphatic rings. The van der Waals surface area contributed by atoms with E-state index < -0.39 is 5.91 Å². The summed E-state index contributed by atoms with van der Waals surface area (Å²) in [5, 5.41) is 6.60. The third kappa shape index (κ3) is 3.93. The van der Waals surface area contributed by atoms with Crippen molar-refractivity contribution in [2.24, 2.45) is 5.73 Å². The van der Waals surface area contributed by atoms with Crippen molar-refractivity contribution in [1.29, 1.82) is 0 Å². The summed E-state index contributed by atoms with van der Waals surface area (Å²) in [6, 6.07) is 4.75. The van der Waals surface area contributed by atoms with Crippen molar-refractivity contribution in [3.05, 3.63) is 29.6 Å². The van der Waals surface area contributed by atoms with Gasteiger partial charge in [0.05, 0.1) is 5.69 Å². The standard InChI is InChI=1S/C15H22FN3O/c1-10(8-12-4-2-3-7-18-12)19-14-9-11(15(17)20)5-6-13(14)16/h5-6,9-10,12,18-19H,2-4,7-8H2,1H3,(H2,17,20). The lowest BCUT2D eigenvalue weighted by Crippen LogP contribution is -2.37. The van der Waals surface area contributed by atoms with E-state index >= 15 is 0 Å². The fourth-order valence-corrected chi connectivity index (χ4v) is 2.67. The van der Waals surface area contributed by atoms with Crippen LogP contribution in [0.15, 0.2) is 18.2 Å². The second-order valence-corrected chi connectivity index (χ2v) is 5.49. The minimum Gasteiger partial charge on any atom is -0.380 e. The Morgan fingerprint density at radius 2 is 2.35 bits per heavy atom. The van der Waals surface area contributed by atoms with Gasteiger partial charge in [-0.3, -0.25) is 4.79 Å². The van der Waals surface area contributed by atoms with Gasteiger partial charge in [0.2, 0.25) is 5.91 Å². The fourth-order valence-electron chi connectivity index (χ4n) is 2.67. The molecule has 0 spiro atoms. The number of hydrogen-bond donors (Lipinski definition) is 3. The van der Waals surface area contributed by atoms with Gasteiger partial charge in [-0.2, -0.15) is 0 Å². The molecule has 2 unspecified atom stereocenters. The van der Waals surface area contributed by atoms with Crippen LogP contribution in [0, 0.1) is 5.82 Å². The summed E-state index contributed by atoms with van der Waals surface area (Å²) in [5.41, 5.74) is 5.87. The number of benzene rings is 1. The van der Waals surface area contributed by atoms with E-state index in [0.29, 0.717) is 17.3 Å². The van der Waals surface area contributed by atoms with Crippen molar-refractivity contribution in [2.75, 3.05) is 11.9 Å². The fraction of sp³-hybridized carbons (Fsp3) is 0.533. The molecule has 1 aromatic rings. The number of amides is 1. The third-order valence-corrected chi connectivity index (χ3v) is 3.70. The number of carbonyl (C=O) groups excluding carboxylic acids is 1. The van der Waals surface area contributed by atoms with Crippen LogP contribution in [0.25, 0.3) is 0 Å². The monoisotopic (exact) mass is 279 g/mol. The molecule has 1 aromatic carbocycles. The number of nitrogens with one attached hydrogen (secondary N) is 2. The van der Waals surface area contributed by atoms with Gasteiger partial charge in [0.25, 0.3) is 0 Å².